The highest BCUT2D eigenvalue weighted by molar-refractivity contribution is 7.89. The van der Waals surface area contributed by atoms with E-state index in [1.807, 2.05) is 6.92 Å². The fraction of sp³-hybridized carbons (Fsp3) is 0.562. The van der Waals surface area contributed by atoms with E-state index < -0.39 is 20.6 Å². The standard InChI is InChI=1S/C16H22N4O5S.ClH/c1-12(13-10-17-11-13)16(21)18-6-8-19(9-7-18)26(24,25)15-5-3-2-4-14(15)20(22)23;/h2-5,12-13,17H,6-11H2,1H3;1H. The molecule has 150 valence electrons. The molecule has 1 aromatic carbocycles. The van der Waals surface area contributed by atoms with Gasteiger partial charge in [-0.05, 0) is 25.1 Å². The summed E-state index contributed by atoms with van der Waals surface area (Å²) in [5.41, 5.74) is -0.433. The van der Waals surface area contributed by atoms with Gasteiger partial charge in [0.05, 0.1) is 4.92 Å². The van der Waals surface area contributed by atoms with Gasteiger partial charge >= 0.3 is 0 Å². The molecule has 9 nitrogen and oxygen atoms in total. The molecule has 3 rings (SSSR count). The summed E-state index contributed by atoms with van der Waals surface area (Å²) >= 11 is 0. The second-order valence-corrected chi connectivity index (χ2v) is 8.57. The number of hydrogen-bond acceptors (Lipinski definition) is 6. The molecular weight excluding hydrogens is 396 g/mol. The average Bonchev–Trinajstić information content (AvgIpc) is 2.59. The summed E-state index contributed by atoms with van der Waals surface area (Å²) in [5.74, 6) is 0.282. The Bertz CT molecular complexity index is 807. The van der Waals surface area contributed by atoms with Gasteiger partial charge in [0, 0.05) is 38.2 Å². The van der Waals surface area contributed by atoms with Crippen molar-refractivity contribution in [3.8, 4) is 0 Å². The van der Waals surface area contributed by atoms with Gasteiger partial charge in [-0.15, -0.1) is 12.4 Å². The van der Waals surface area contributed by atoms with Gasteiger partial charge in [0.25, 0.3) is 5.69 Å². The molecule has 27 heavy (non-hydrogen) atoms. The lowest BCUT2D eigenvalue weighted by Gasteiger charge is -2.38. The number of para-hydroxylation sites is 1. The molecule has 11 heteroatoms. The van der Waals surface area contributed by atoms with Crippen LogP contribution in [-0.2, 0) is 14.8 Å². The molecule has 2 aliphatic rings. The van der Waals surface area contributed by atoms with Crippen molar-refractivity contribution in [1.29, 1.82) is 0 Å². The van der Waals surface area contributed by atoms with Gasteiger partial charge in [-0.2, -0.15) is 4.31 Å². The Balaban J connectivity index is 0.00000261. The first-order chi connectivity index (χ1) is 12.3. The summed E-state index contributed by atoms with van der Waals surface area (Å²) in [6.07, 6.45) is 0. The van der Waals surface area contributed by atoms with Crippen LogP contribution in [0.1, 0.15) is 6.92 Å². The lowest BCUT2D eigenvalue weighted by atomic mass is 9.88. The van der Waals surface area contributed by atoms with E-state index in [0.29, 0.717) is 19.0 Å². The van der Waals surface area contributed by atoms with Crippen molar-refractivity contribution in [3.63, 3.8) is 0 Å². The maximum absolute atomic E-state index is 12.8. The topological polar surface area (TPSA) is 113 Å². The normalized spacial score (nSPS) is 19.7. The summed E-state index contributed by atoms with van der Waals surface area (Å²) in [6, 6.07) is 5.33. The zero-order valence-electron chi connectivity index (χ0n) is 14.9. The number of nitro groups is 1. The maximum atomic E-state index is 12.8. The second kappa shape index (κ2) is 8.51. The van der Waals surface area contributed by atoms with Crippen molar-refractivity contribution in [2.24, 2.45) is 11.8 Å². The summed E-state index contributed by atoms with van der Waals surface area (Å²) in [5, 5.41) is 14.3. The Morgan fingerprint density at radius 2 is 1.81 bits per heavy atom. The predicted molar refractivity (Wildman–Crippen MR) is 101 cm³/mol. The van der Waals surface area contributed by atoms with E-state index >= 15 is 0 Å². The number of piperazine rings is 1. The smallest absolute Gasteiger partial charge is 0.289 e. The zero-order valence-corrected chi connectivity index (χ0v) is 16.5. The Morgan fingerprint density at radius 3 is 2.33 bits per heavy atom. The molecule has 1 atom stereocenters. The Labute approximate surface area is 164 Å². The zero-order chi connectivity index (χ0) is 18.9. The van der Waals surface area contributed by atoms with Crippen LogP contribution in [0, 0.1) is 22.0 Å². The molecule has 1 aromatic rings. The van der Waals surface area contributed by atoms with E-state index in [1.54, 1.807) is 4.90 Å². The van der Waals surface area contributed by atoms with Crippen molar-refractivity contribution >= 4 is 34.0 Å². The summed E-state index contributed by atoms with van der Waals surface area (Å²) < 4.78 is 26.8. The van der Waals surface area contributed by atoms with E-state index in [2.05, 4.69) is 5.32 Å². The number of nitrogens with zero attached hydrogens (tertiary/aromatic N) is 3. The van der Waals surface area contributed by atoms with Crippen LogP contribution in [0.25, 0.3) is 0 Å². The first kappa shape index (κ1) is 21.5. The minimum absolute atomic E-state index is 0. The summed E-state index contributed by atoms with van der Waals surface area (Å²) in [7, 11) is -3.97. The van der Waals surface area contributed by atoms with Gasteiger partial charge in [-0.25, -0.2) is 8.42 Å². The van der Waals surface area contributed by atoms with Crippen molar-refractivity contribution in [2.45, 2.75) is 11.8 Å². The summed E-state index contributed by atoms with van der Waals surface area (Å²) in [4.78, 5) is 24.4. The third-order valence-electron chi connectivity index (χ3n) is 5.14. The van der Waals surface area contributed by atoms with Crippen LogP contribution in [0.5, 0.6) is 0 Å². The molecule has 2 fully saturated rings. The molecule has 1 amide bonds. The minimum atomic E-state index is -3.97. The largest absolute Gasteiger partial charge is 0.340 e. The van der Waals surface area contributed by atoms with Gasteiger partial charge in [0.1, 0.15) is 0 Å². The molecule has 0 aliphatic carbocycles. The van der Waals surface area contributed by atoms with Gasteiger partial charge in [-0.3, -0.25) is 14.9 Å². The monoisotopic (exact) mass is 418 g/mol. The SMILES string of the molecule is CC(C(=O)N1CCN(S(=O)(=O)c2ccccc2[N+](=O)[O-])CC1)C1CNC1.Cl. The third-order valence-corrected chi connectivity index (χ3v) is 7.09. The maximum Gasteiger partial charge on any atom is 0.289 e. The minimum Gasteiger partial charge on any atom is -0.340 e. The lowest BCUT2D eigenvalue weighted by Crippen LogP contribution is -2.55. The summed E-state index contributed by atoms with van der Waals surface area (Å²) in [6.45, 7) is 4.43. The molecular formula is C16H23ClN4O5S. The van der Waals surface area contributed by atoms with Crippen LogP contribution in [0.4, 0.5) is 5.69 Å². The number of halogens is 1. The highest BCUT2D eigenvalue weighted by Crippen LogP contribution is 2.27. The Morgan fingerprint density at radius 1 is 1.22 bits per heavy atom. The second-order valence-electron chi connectivity index (χ2n) is 6.66. The Hall–Kier alpha value is -1.75. The first-order valence-corrected chi connectivity index (χ1v) is 9.99. The number of nitro benzene ring substituents is 1. The Kier molecular flexibility index (Phi) is 6.79. The number of carbonyl (C=O) groups excluding carboxylic acids is 1. The van der Waals surface area contributed by atoms with E-state index in [0.717, 1.165) is 13.1 Å². The van der Waals surface area contributed by atoms with Crippen LogP contribution in [-0.4, -0.2) is 67.7 Å². The molecule has 1 unspecified atom stereocenters. The number of carbonyl (C=O) groups is 1. The van der Waals surface area contributed by atoms with Crippen molar-refractivity contribution in [3.05, 3.63) is 34.4 Å². The number of hydrogen-bond donors (Lipinski definition) is 1. The molecule has 0 bridgehead atoms. The fourth-order valence-electron chi connectivity index (χ4n) is 3.27. The molecule has 0 radical (unpaired) electrons. The van der Waals surface area contributed by atoms with Crippen LogP contribution < -0.4 is 5.32 Å². The number of benzene rings is 1. The molecule has 2 aliphatic heterocycles. The highest BCUT2D eigenvalue weighted by atomic mass is 35.5. The van der Waals surface area contributed by atoms with Gasteiger partial charge in [0.15, 0.2) is 4.90 Å². The van der Waals surface area contributed by atoms with E-state index in [4.69, 9.17) is 0 Å². The fourth-order valence-corrected chi connectivity index (χ4v) is 4.85. The molecule has 2 heterocycles. The lowest BCUT2D eigenvalue weighted by molar-refractivity contribution is -0.387. The van der Waals surface area contributed by atoms with Gasteiger partial charge in [-0.1, -0.05) is 19.1 Å². The highest BCUT2D eigenvalue weighted by Gasteiger charge is 2.37. The first-order valence-electron chi connectivity index (χ1n) is 8.55. The van der Waals surface area contributed by atoms with E-state index in [1.165, 1.54) is 28.6 Å². The molecule has 2 saturated heterocycles. The predicted octanol–water partition coefficient (Wildman–Crippen LogP) is 0.705. The number of rotatable bonds is 5. The van der Waals surface area contributed by atoms with Crippen LogP contribution >= 0.6 is 12.4 Å². The van der Waals surface area contributed by atoms with Crippen molar-refractivity contribution in [1.82, 2.24) is 14.5 Å². The number of sulfonamides is 1. The van der Waals surface area contributed by atoms with Crippen LogP contribution in [0.2, 0.25) is 0 Å². The van der Waals surface area contributed by atoms with Gasteiger partial charge < -0.3 is 10.2 Å². The van der Waals surface area contributed by atoms with Crippen molar-refractivity contribution < 1.29 is 18.1 Å². The van der Waals surface area contributed by atoms with Crippen molar-refractivity contribution in [2.75, 3.05) is 39.3 Å². The molecule has 0 saturated carbocycles. The van der Waals surface area contributed by atoms with Crippen LogP contribution in [0.15, 0.2) is 29.2 Å². The van der Waals surface area contributed by atoms with E-state index in [-0.39, 0.29) is 42.2 Å². The molecule has 0 spiro atoms. The van der Waals surface area contributed by atoms with E-state index in [9.17, 15) is 23.3 Å². The number of nitrogens with one attached hydrogen (secondary N) is 1. The van der Waals surface area contributed by atoms with Gasteiger partial charge in [0.2, 0.25) is 15.9 Å². The molecule has 1 N–H and O–H groups in total. The quantitative estimate of drug-likeness (QED) is 0.556. The third kappa shape index (κ3) is 4.23. The number of amides is 1. The molecule has 0 aromatic heterocycles. The average molecular weight is 419 g/mol. The van der Waals surface area contributed by atoms with Crippen LogP contribution in [0.3, 0.4) is 0 Å².